The number of aromatic nitrogens is 1. The Labute approximate surface area is 103 Å². The molecule has 0 saturated carbocycles. The first-order chi connectivity index (χ1) is 8.08. The van der Waals surface area contributed by atoms with Gasteiger partial charge in [0.1, 0.15) is 0 Å². The maximum absolute atomic E-state index is 10.5. The fourth-order valence-electron chi connectivity index (χ4n) is 1.84. The minimum atomic E-state index is -1.01. The number of carbonyl (C=O) groups is 1. The van der Waals surface area contributed by atoms with Gasteiger partial charge in [-0.1, -0.05) is 17.7 Å². The zero-order valence-corrected chi connectivity index (χ0v) is 9.76. The topological polar surface area (TPSA) is 62.5 Å². The molecule has 4 nitrogen and oxygen atoms in total. The fourth-order valence-corrected chi connectivity index (χ4v) is 2.07. The van der Waals surface area contributed by atoms with Crippen LogP contribution < -0.4 is 0 Å². The van der Waals surface area contributed by atoms with Crippen molar-refractivity contribution < 1.29 is 15.0 Å². The van der Waals surface area contributed by atoms with Gasteiger partial charge in [-0.05, 0) is 18.2 Å². The number of hydrogen-bond donors (Lipinski definition) is 2. The van der Waals surface area contributed by atoms with E-state index in [9.17, 15) is 9.90 Å². The Bertz CT molecular complexity index is 550. The number of carboxylic acids is 1. The van der Waals surface area contributed by atoms with Gasteiger partial charge >= 0.3 is 5.97 Å². The third-order valence-corrected chi connectivity index (χ3v) is 2.91. The zero-order valence-electron chi connectivity index (χ0n) is 9.01. The van der Waals surface area contributed by atoms with E-state index in [4.69, 9.17) is 16.7 Å². The van der Waals surface area contributed by atoms with Crippen LogP contribution in [0.25, 0.3) is 10.9 Å². The summed E-state index contributed by atoms with van der Waals surface area (Å²) in [5, 5.41) is 19.7. The zero-order chi connectivity index (χ0) is 12.4. The first-order valence-corrected chi connectivity index (χ1v) is 5.59. The van der Waals surface area contributed by atoms with Gasteiger partial charge in [-0.25, -0.2) is 0 Å². The highest BCUT2D eigenvalue weighted by Gasteiger charge is 2.12. The Hall–Kier alpha value is -1.52. The predicted molar refractivity (Wildman–Crippen MR) is 65.2 cm³/mol. The van der Waals surface area contributed by atoms with Crippen LogP contribution in [-0.4, -0.2) is 26.9 Å². The Kier molecular flexibility index (Phi) is 3.36. The summed E-state index contributed by atoms with van der Waals surface area (Å²) < 4.78 is 1.80. The van der Waals surface area contributed by atoms with Crippen LogP contribution in [0.5, 0.6) is 0 Å². The molecule has 1 atom stereocenters. The van der Waals surface area contributed by atoms with Crippen molar-refractivity contribution in [2.24, 2.45) is 0 Å². The molecule has 0 radical (unpaired) electrons. The van der Waals surface area contributed by atoms with Gasteiger partial charge in [-0.15, -0.1) is 0 Å². The van der Waals surface area contributed by atoms with E-state index >= 15 is 0 Å². The molecule has 0 aliphatic carbocycles. The van der Waals surface area contributed by atoms with Crippen LogP contribution in [0.15, 0.2) is 30.5 Å². The van der Waals surface area contributed by atoms with Gasteiger partial charge in [0, 0.05) is 28.7 Å². The van der Waals surface area contributed by atoms with Crippen LogP contribution in [0.1, 0.15) is 6.42 Å². The Morgan fingerprint density at radius 1 is 1.41 bits per heavy atom. The summed E-state index contributed by atoms with van der Waals surface area (Å²) >= 11 is 6.02. The second-order valence-corrected chi connectivity index (χ2v) is 4.30. The molecule has 90 valence electrons. The second kappa shape index (κ2) is 4.77. The van der Waals surface area contributed by atoms with Gasteiger partial charge < -0.3 is 14.8 Å². The Morgan fingerprint density at radius 3 is 2.88 bits per heavy atom. The summed E-state index contributed by atoms with van der Waals surface area (Å²) in [6.45, 7) is 0.246. The number of nitrogens with zero attached hydrogens (tertiary/aromatic N) is 1. The third-order valence-electron chi connectivity index (χ3n) is 2.58. The highest BCUT2D eigenvalue weighted by molar-refractivity contribution is 6.35. The SMILES string of the molecule is O=C(O)CC(O)Cn1ccc2c(Cl)cccc21. The van der Waals surface area contributed by atoms with Crippen molar-refractivity contribution in [2.45, 2.75) is 19.1 Å². The van der Waals surface area contributed by atoms with Gasteiger partial charge in [-0.3, -0.25) is 4.79 Å². The number of aliphatic hydroxyl groups is 1. The van der Waals surface area contributed by atoms with Crippen molar-refractivity contribution in [1.29, 1.82) is 0 Å². The number of carboxylic acid groups (broad SMARTS) is 1. The van der Waals surface area contributed by atoms with E-state index in [1.165, 1.54) is 0 Å². The van der Waals surface area contributed by atoms with E-state index in [1.807, 2.05) is 18.2 Å². The summed E-state index contributed by atoms with van der Waals surface area (Å²) in [6, 6.07) is 7.35. The number of rotatable bonds is 4. The van der Waals surface area contributed by atoms with Crippen LogP contribution in [0.4, 0.5) is 0 Å². The molecule has 0 bridgehead atoms. The van der Waals surface area contributed by atoms with Crippen LogP contribution in [0, 0.1) is 0 Å². The number of benzene rings is 1. The number of hydrogen-bond acceptors (Lipinski definition) is 2. The first-order valence-electron chi connectivity index (χ1n) is 5.21. The van der Waals surface area contributed by atoms with Gasteiger partial charge in [0.15, 0.2) is 0 Å². The van der Waals surface area contributed by atoms with Crippen molar-refractivity contribution in [1.82, 2.24) is 4.57 Å². The van der Waals surface area contributed by atoms with E-state index < -0.39 is 12.1 Å². The molecule has 2 aromatic rings. The monoisotopic (exact) mass is 253 g/mol. The van der Waals surface area contributed by atoms with E-state index in [0.717, 1.165) is 10.9 Å². The van der Waals surface area contributed by atoms with Crippen molar-refractivity contribution in [2.75, 3.05) is 0 Å². The van der Waals surface area contributed by atoms with E-state index in [-0.39, 0.29) is 13.0 Å². The standard InChI is InChI=1S/C12H12ClNO3/c13-10-2-1-3-11-9(10)4-5-14(11)7-8(15)6-12(16)17/h1-5,8,15H,6-7H2,(H,16,17). The van der Waals surface area contributed by atoms with Crippen LogP contribution in [0.3, 0.4) is 0 Å². The summed E-state index contributed by atoms with van der Waals surface area (Å²) in [4.78, 5) is 10.5. The molecule has 0 aliphatic heterocycles. The molecule has 2 rings (SSSR count). The maximum Gasteiger partial charge on any atom is 0.306 e. The maximum atomic E-state index is 10.5. The average Bonchev–Trinajstić information content (AvgIpc) is 2.62. The Balaban J connectivity index is 2.25. The number of halogens is 1. The van der Waals surface area contributed by atoms with Gasteiger partial charge in [0.05, 0.1) is 12.5 Å². The number of aliphatic carboxylic acids is 1. The van der Waals surface area contributed by atoms with Crippen LogP contribution in [0.2, 0.25) is 5.02 Å². The third kappa shape index (κ3) is 2.60. The Morgan fingerprint density at radius 2 is 2.18 bits per heavy atom. The van der Waals surface area contributed by atoms with Gasteiger partial charge in [-0.2, -0.15) is 0 Å². The summed E-state index contributed by atoms with van der Waals surface area (Å²) in [5.41, 5.74) is 0.891. The molecular weight excluding hydrogens is 242 g/mol. The van der Waals surface area contributed by atoms with E-state index in [1.54, 1.807) is 16.8 Å². The molecular formula is C12H12ClNO3. The summed E-state index contributed by atoms with van der Waals surface area (Å²) in [5.74, 6) is -1.01. The number of aliphatic hydroxyl groups excluding tert-OH is 1. The largest absolute Gasteiger partial charge is 0.481 e. The van der Waals surface area contributed by atoms with Crippen molar-refractivity contribution in [3.63, 3.8) is 0 Å². The highest BCUT2D eigenvalue weighted by Crippen LogP contribution is 2.24. The first kappa shape index (κ1) is 12.0. The molecule has 0 aliphatic rings. The van der Waals surface area contributed by atoms with Crippen molar-refractivity contribution in [3.05, 3.63) is 35.5 Å². The molecule has 0 amide bonds. The molecule has 1 aromatic heterocycles. The van der Waals surface area contributed by atoms with E-state index in [2.05, 4.69) is 0 Å². The molecule has 2 N–H and O–H groups in total. The average molecular weight is 254 g/mol. The van der Waals surface area contributed by atoms with Crippen molar-refractivity contribution in [3.8, 4) is 0 Å². The van der Waals surface area contributed by atoms with E-state index in [0.29, 0.717) is 5.02 Å². The quantitative estimate of drug-likeness (QED) is 0.877. The van der Waals surface area contributed by atoms with Crippen LogP contribution >= 0.6 is 11.6 Å². The second-order valence-electron chi connectivity index (χ2n) is 3.89. The number of fused-ring (bicyclic) bond motifs is 1. The molecule has 0 fully saturated rings. The summed E-state index contributed by atoms with van der Waals surface area (Å²) in [6.07, 6.45) is 0.629. The molecule has 5 heteroatoms. The predicted octanol–water partition coefficient (Wildman–Crippen LogP) is 2.13. The van der Waals surface area contributed by atoms with Gasteiger partial charge in [0.2, 0.25) is 0 Å². The van der Waals surface area contributed by atoms with Crippen LogP contribution in [-0.2, 0) is 11.3 Å². The minimum absolute atomic E-state index is 0.246. The molecule has 17 heavy (non-hydrogen) atoms. The molecule has 1 aromatic carbocycles. The lowest BCUT2D eigenvalue weighted by molar-refractivity contribution is -0.139. The molecule has 1 unspecified atom stereocenters. The molecule has 0 saturated heterocycles. The lowest BCUT2D eigenvalue weighted by atomic mass is 10.2. The fraction of sp³-hybridized carbons (Fsp3) is 0.250. The molecule has 0 spiro atoms. The highest BCUT2D eigenvalue weighted by atomic mass is 35.5. The minimum Gasteiger partial charge on any atom is -0.481 e. The lowest BCUT2D eigenvalue weighted by Gasteiger charge is -2.10. The molecule has 1 heterocycles. The normalized spacial score (nSPS) is 12.8. The smallest absolute Gasteiger partial charge is 0.306 e. The summed E-state index contributed by atoms with van der Waals surface area (Å²) in [7, 11) is 0. The van der Waals surface area contributed by atoms with Gasteiger partial charge in [0.25, 0.3) is 0 Å². The van der Waals surface area contributed by atoms with Crippen molar-refractivity contribution >= 4 is 28.5 Å². The lowest BCUT2D eigenvalue weighted by Crippen LogP contribution is -2.19.